The van der Waals surface area contributed by atoms with Gasteiger partial charge in [-0.25, -0.2) is 0 Å². The third-order valence-corrected chi connectivity index (χ3v) is 7.19. The Morgan fingerprint density at radius 3 is 1.81 bits per heavy atom. The molecular weight excluding hydrogens is 464 g/mol. The van der Waals surface area contributed by atoms with Gasteiger partial charge in [-0.2, -0.15) is 0 Å². The molecule has 0 aliphatic rings. The first-order valence-corrected chi connectivity index (χ1v) is 15.0. The van der Waals surface area contributed by atoms with E-state index in [1.54, 1.807) is 6.08 Å². The molecule has 0 unspecified atom stereocenters. The fraction of sp³-hybridized carbons (Fsp3) is 0.531. The molecule has 0 spiro atoms. The summed E-state index contributed by atoms with van der Waals surface area (Å²) < 4.78 is 12.1. The Hall–Kier alpha value is -2.20. The van der Waals surface area contributed by atoms with E-state index in [-0.39, 0.29) is 5.78 Å². The molecular formula is C32H46O3S. The van der Waals surface area contributed by atoms with Crippen LogP contribution in [0.2, 0.25) is 0 Å². The van der Waals surface area contributed by atoms with E-state index in [4.69, 9.17) is 9.47 Å². The normalized spacial score (nSPS) is 11.2. The van der Waals surface area contributed by atoms with Gasteiger partial charge >= 0.3 is 0 Å². The molecule has 198 valence electrons. The molecule has 0 bridgehead atoms. The predicted octanol–water partition coefficient (Wildman–Crippen LogP) is 9.78. The van der Waals surface area contributed by atoms with Crippen LogP contribution in [0.5, 0.6) is 11.5 Å². The minimum Gasteiger partial charge on any atom is -0.493 e. The van der Waals surface area contributed by atoms with Crippen LogP contribution in [0, 0.1) is 0 Å². The summed E-state index contributed by atoms with van der Waals surface area (Å²) in [6.07, 6.45) is 16.7. The number of rotatable bonds is 20. The second kappa shape index (κ2) is 19.0. The summed E-state index contributed by atoms with van der Waals surface area (Å²) in [5.74, 6) is 2.70. The van der Waals surface area contributed by atoms with Crippen molar-refractivity contribution in [2.75, 3.05) is 19.0 Å². The lowest BCUT2D eigenvalue weighted by molar-refractivity contribution is 0.104. The second-order valence-corrected chi connectivity index (χ2v) is 10.5. The molecule has 36 heavy (non-hydrogen) atoms. The van der Waals surface area contributed by atoms with Gasteiger partial charge in [0.05, 0.1) is 13.2 Å². The third kappa shape index (κ3) is 12.7. The molecule has 2 aromatic rings. The van der Waals surface area contributed by atoms with Crippen molar-refractivity contribution in [3.63, 3.8) is 0 Å². The number of unbranched alkanes of at least 4 members (excludes halogenated alkanes) is 8. The zero-order chi connectivity index (χ0) is 25.8. The summed E-state index contributed by atoms with van der Waals surface area (Å²) in [6.45, 7) is 8.04. The molecule has 0 aliphatic heterocycles. The van der Waals surface area contributed by atoms with Crippen molar-refractivity contribution in [3.05, 3.63) is 59.7 Å². The average Bonchev–Trinajstić information content (AvgIpc) is 2.90. The van der Waals surface area contributed by atoms with Crippen LogP contribution in [0.15, 0.2) is 53.4 Å². The quantitative estimate of drug-likeness (QED) is 0.0768. The Bertz CT molecular complexity index is 855. The van der Waals surface area contributed by atoms with Gasteiger partial charge in [-0.05, 0) is 73.1 Å². The molecule has 0 radical (unpaired) electrons. The van der Waals surface area contributed by atoms with E-state index < -0.39 is 0 Å². The van der Waals surface area contributed by atoms with E-state index in [2.05, 4.69) is 20.8 Å². The molecule has 0 aliphatic carbocycles. The smallest absolute Gasteiger partial charge is 0.185 e. The Labute approximate surface area is 224 Å². The van der Waals surface area contributed by atoms with E-state index in [0.29, 0.717) is 18.8 Å². The van der Waals surface area contributed by atoms with Crippen LogP contribution in [0.1, 0.15) is 107 Å². The number of carbonyl (C=O) groups is 1. The van der Waals surface area contributed by atoms with Crippen LogP contribution >= 0.6 is 11.8 Å². The molecule has 2 aromatic carbocycles. The van der Waals surface area contributed by atoms with Crippen molar-refractivity contribution >= 4 is 23.6 Å². The number of allylic oxidation sites excluding steroid dienone is 1. The fourth-order valence-electron chi connectivity index (χ4n) is 3.85. The van der Waals surface area contributed by atoms with Gasteiger partial charge in [0.25, 0.3) is 0 Å². The van der Waals surface area contributed by atoms with Gasteiger partial charge in [0.15, 0.2) is 5.78 Å². The number of carbonyl (C=O) groups excluding carboxylic acids is 1. The molecule has 0 aromatic heterocycles. The van der Waals surface area contributed by atoms with Crippen LogP contribution in [0.4, 0.5) is 0 Å². The van der Waals surface area contributed by atoms with Gasteiger partial charge in [-0.1, -0.05) is 78.2 Å². The van der Waals surface area contributed by atoms with Crippen LogP contribution in [-0.2, 0) is 0 Å². The SMILES string of the molecule is CCCCCCCOc1cc(C=CC(=O)c2ccc(SCCC)cc2)cc(OCCCCCCC)c1. The molecule has 0 amide bonds. The highest BCUT2D eigenvalue weighted by molar-refractivity contribution is 7.99. The van der Waals surface area contributed by atoms with Crippen LogP contribution in [-0.4, -0.2) is 24.7 Å². The highest BCUT2D eigenvalue weighted by Crippen LogP contribution is 2.25. The monoisotopic (exact) mass is 510 g/mol. The summed E-state index contributed by atoms with van der Waals surface area (Å²) in [5.41, 5.74) is 1.62. The molecule has 2 rings (SSSR count). The highest BCUT2D eigenvalue weighted by Gasteiger charge is 2.06. The Morgan fingerprint density at radius 1 is 0.722 bits per heavy atom. The zero-order valence-electron chi connectivity index (χ0n) is 22.7. The average molecular weight is 511 g/mol. The molecule has 4 heteroatoms. The van der Waals surface area contributed by atoms with Gasteiger partial charge in [0.1, 0.15) is 11.5 Å². The topological polar surface area (TPSA) is 35.5 Å². The molecule has 3 nitrogen and oxygen atoms in total. The van der Waals surface area contributed by atoms with E-state index in [1.165, 1.54) is 56.3 Å². The summed E-state index contributed by atoms with van der Waals surface area (Å²) in [4.78, 5) is 14.0. The molecule has 0 N–H and O–H groups in total. The maximum Gasteiger partial charge on any atom is 0.185 e. The lowest BCUT2D eigenvalue weighted by Gasteiger charge is -2.11. The highest BCUT2D eigenvalue weighted by atomic mass is 32.2. The summed E-state index contributed by atoms with van der Waals surface area (Å²) >= 11 is 1.82. The first kappa shape index (κ1) is 30.0. The number of thioether (sulfide) groups is 1. The fourth-order valence-corrected chi connectivity index (χ4v) is 4.62. The van der Waals surface area contributed by atoms with E-state index in [9.17, 15) is 4.79 Å². The van der Waals surface area contributed by atoms with Gasteiger partial charge in [0.2, 0.25) is 0 Å². The summed E-state index contributed by atoms with van der Waals surface area (Å²) in [7, 11) is 0. The zero-order valence-corrected chi connectivity index (χ0v) is 23.5. The Morgan fingerprint density at radius 2 is 1.28 bits per heavy atom. The molecule has 0 atom stereocenters. The lowest BCUT2D eigenvalue weighted by Crippen LogP contribution is -2.01. The molecule has 0 heterocycles. The first-order valence-electron chi connectivity index (χ1n) is 14.0. The van der Waals surface area contributed by atoms with Gasteiger partial charge in [0, 0.05) is 16.5 Å². The number of hydrogen-bond donors (Lipinski definition) is 0. The number of ketones is 1. The number of benzene rings is 2. The van der Waals surface area contributed by atoms with Crippen molar-refractivity contribution in [1.82, 2.24) is 0 Å². The van der Waals surface area contributed by atoms with Crippen molar-refractivity contribution in [2.24, 2.45) is 0 Å². The van der Waals surface area contributed by atoms with E-state index in [1.807, 2.05) is 60.3 Å². The molecule has 0 saturated heterocycles. The minimum atomic E-state index is 0.00248. The van der Waals surface area contributed by atoms with Gasteiger partial charge < -0.3 is 9.47 Å². The first-order chi connectivity index (χ1) is 17.7. The van der Waals surface area contributed by atoms with Crippen molar-refractivity contribution in [1.29, 1.82) is 0 Å². The number of ether oxygens (including phenoxy) is 2. The standard InChI is InChI=1S/C32H46O3S/c1-4-7-9-11-13-21-34-29-24-27(25-30(26-29)35-22-14-12-10-8-5-2)15-20-32(33)28-16-18-31(19-17-28)36-23-6-3/h15-20,24-26H,4-14,21-23H2,1-3H3. The maximum absolute atomic E-state index is 12.8. The van der Waals surface area contributed by atoms with Gasteiger partial charge in [-0.15, -0.1) is 11.8 Å². The second-order valence-electron chi connectivity index (χ2n) is 9.33. The Balaban J connectivity index is 2.01. The number of hydrogen-bond acceptors (Lipinski definition) is 4. The van der Waals surface area contributed by atoms with Crippen molar-refractivity contribution in [2.45, 2.75) is 96.3 Å². The minimum absolute atomic E-state index is 0.00248. The van der Waals surface area contributed by atoms with E-state index in [0.717, 1.165) is 42.1 Å². The lowest BCUT2D eigenvalue weighted by atomic mass is 10.1. The van der Waals surface area contributed by atoms with Crippen LogP contribution in [0.25, 0.3) is 6.08 Å². The maximum atomic E-state index is 12.8. The molecule has 0 saturated carbocycles. The van der Waals surface area contributed by atoms with E-state index >= 15 is 0 Å². The summed E-state index contributed by atoms with van der Waals surface area (Å²) in [5, 5.41) is 0. The summed E-state index contributed by atoms with van der Waals surface area (Å²) in [6, 6.07) is 13.9. The Kier molecular flexibility index (Phi) is 15.8. The van der Waals surface area contributed by atoms with Crippen LogP contribution in [0.3, 0.4) is 0 Å². The van der Waals surface area contributed by atoms with Crippen LogP contribution < -0.4 is 9.47 Å². The van der Waals surface area contributed by atoms with Crippen molar-refractivity contribution < 1.29 is 14.3 Å². The molecule has 0 fully saturated rings. The largest absolute Gasteiger partial charge is 0.493 e. The predicted molar refractivity (Wildman–Crippen MR) is 156 cm³/mol. The van der Waals surface area contributed by atoms with Gasteiger partial charge in [-0.3, -0.25) is 4.79 Å². The van der Waals surface area contributed by atoms with Crippen molar-refractivity contribution in [3.8, 4) is 11.5 Å². The third-order valence-electron chi connectivity index (χ3n) is 5.97.